The molecule has 204 valence electrons. The van der Waals surface area contributed by atoms with Gasteiger partial charge in [0.15, 0.2) is 0 Å². The molecule has 1 aliphatic heterocycles. The summed E-state index contributed by atoms with van der Waals surface area (Å²) in [5, 5.41) is 6.76. The van der Waals surface area contributed by atoms with Gasteiger partial charge in [-0.05, 0) is 83.6 Å². The van der Waals surface area contributed by atoms with Gasteiger partial charge in [0.05, 0.1) is 17.1 Å². The quantitative estimate of drug-likeness (QED) is 0.241. The lowest BCUT2D eigenvalue weighted by molar-refractivity contribution is -0.121. The van der Waals surface area contributed by atoms with Crippen molar-refractivity contribution in [2.45, 2.75) is 51.2 Å². The van der Waals surface area contributed by atoms with Crippen molar-refractivity contribution in [3.63, 3.8) is 0 Å². The summed E-state index contributed by atoms with van der Waals surface area (Å²) >= 11 is 3.62. The standard InChI is InChI=1S/C31H37BrN6O/c1-21(38-17-15-24(16-18-38)34-27-6-4-3-5-26(27)32)31(39)35-25-12-13-29-28(19-25)36-30(37(29)2)14-11-22-7-9-23(20-33)10-8-22/h3-10,12-13,19,21,24,34H,11,14-18,20,33H2,1-2H3,(H,35,39). The highest BCUT2D eigenvalue weighted by Gasteiger charge is 2.27. The van der Waals surface area contributed by atoms with Crippen molar-refractivity contribution in [3.8, 4) is 0 Å². The Labute approximate surface area is 238 Å². The molecule has 1 amide bonds. The number of nitrogens with zero attached hydrogens (tertiary/aromatic N) is 3. The van der Waals surface area contributed by atoms with Crippen molar-refractivity contribution in [1.82, 2.24) is 14.5 Å². The molecule has 0 saturated carbocycles. The first-order valence-electron chi connectivity index (χ1n) is 13.7. The van der Waals surface area contributed by atoms with Crippen molar-refractivity contribution in [3.05, 3.63) is 88.2 Å². The molecule has 1 unspecified atom stereocenters. The van der Waals surface area contributed by atoms with Crippen LogP contribution in [0.1, 0.15) is 36.7 Å². The molecule has 39 heavy (non-hydrogen) atoms. The van der Waals surface area contributed by atoms with Gasteiger partial charge in [0.2, 0.25) is 5.91 Å². The van der Waals surface area contributed by atoms with Crippen LogP contribution in [0.25, 0.3) is 11.0 Å². The zero-order valence-corrected chi connectivity index (χ0v) is 24.2. The Morgan fingerprint density at radius 3 is 2.49 bits per heavy atom. The van der Waals surface area contributed by atoms with Gasteiger partial charge in [0.25, 0.3) is 0 Å². The Kier molecular flexibility index (Phi) is 8.65. The van der Waals surface area contributed by atoms with Crippen molar-refractivity contribution in [1.29, 1.82) is 0 Å². The number of anilines is 2. The molecule has 3 aromatic carbocycles. The van der Waals surface area contributed by atoms with Gasteiger partial charge in [-0.3, -0.25) is 9.69 Å². The lowest BCUT2D eigenvalue weighted by Crippen LogP contribution is -2.48. The second-order valence-electron chi connectivity index (χ2n) is 10.4. The molecule has 4 N–H and O–H groups in total. The van der Waals surface area contributed by atoms with E-state index in [1.807, 2.05) is 37.3 Å². The molecule has 1 fully saturated rings. The molecule has 0 spiro atoms. The van der Waals surface area contributed by atoms with Crippen LogP contribution in [-0.2, 0) is 31.2 Å². The monoisotopic (exact) mass is 588 g/mol. The lowest BCUT2D eigenvalue weighted by atomic mass is 10.0. The third-order valence-electron chi connectivity index (χ3n) is 7.83. The summed E-state index contributed by atoms with van der Waals surface area (Å²) < 4.78 is 3.22. The summed E-state index contributed by atoms with van der Waals surface area (Å²) in [5.41, 5.74) is 12.0. The highest BCUT2D eigenvalue weighted by molar-refractivity contribution is 9.10. The molecule has 0 radical (unpaired) electrons. The third kappa shape index (κ3) is 6.52. The van der Waals surface area contributed by atoms with Gasteiger partial charge < -0.3 is 20.9 Å². The number of nitrogens with two attached hydrogens (primary N) is 1. The summed E-state index contributed by atoms with van der Waals surface area (Å²) in [6.07, 6.45) is 3.76. The van der Waals surface area contributed by atoms with Gasteiger partial charge >= 0.3 is 0 Å². The molecule has 0 aliphatic carbocycles. The molecule has 1 atom stereocenters. The number of amides is 1. The first-order chi connectivity index (χ1) is 18.9. The number of piperidine rings is 1. The van der Waals surface area contributed by atoms with Crippen molar-refractivity contribution in [2.24, 2.45) is 12.8 Å². The van der Waals surface area contributed by atoms with Gasteiger partial charge in [-0.25, -0.2) is 4.98 Å². The van der Waals surface area contributed by atoms with E-state index in [-0.39, 0.29) is 11.9 Å². The van der Waals surface area contributed by atoms with Crippen LogP contribution in [0.15, 0.2) is 71.2 Å². The highest BCUT2D eigenvalue weighted by Crippen LogP contribution is 2.26. The Balaban J connectivity index is 1.16. The summed E-state index contributed by atoms with van der Waals surface area (Å²) in [6.45, 7) is 4.32. The first kappa shape index (κ1) is 27.4. The number of halogens is 1. The number of nitrogens with one attached hydrogen (secondary N) is 2. The van der Waals surface area contributed by atoms with Crippen LogP contribution in [0.3, 0.4) is 0 Å². The number of aryl methyl sites for hydroxylation is 3. The molecule has 1 aliphatic rings. The highest BCUT2D eigenvalue weighted by atomic mass is 79.9. The fourth-order valence-corrected chi connectivity index (χ4v) is 5.69. The number of para-hydroxylation sites is 1. The van der Waals surface area contributed by atoms with E-state index in [1.54, 1.807) is 0 Å². The number of rotatable bonds is 9. The Bertz CT molecular complexity index is 1430. The van der Waals surface area contributed by atoms with Crippen molar-refractivity contribution in [2.75, 3.05) is 23.7 Å². The van der Waals surface area contributed by atoms with Crippen LogP contribution in [0.2, 0.25) is 0 Å². The molecular weight excluding hydrogens is 552 g/mol. The molecule has 4 aromatic rings. The summed E-state index contributed by atoms with van der Waals surface area (Å²) in [6, 6.07) is 22.9. The molecule has 1 aromatic heterocycles. The summed E-state index contributed by atoms with van der Waals surface area (Å²) in [7, 11) is 2.05. The molecule has 8 heteroatoms. The van der Waals surface area contributed by atoms with Crippen LogP contribution in [0, 0.1) is 0 Å². The van der Waals surface area contributed by atoms with E-state index in [2.05, 4.69) is 79.5 Å². The normalized spacial score (nSPS) is 15.4. The number of benzene rings is 3. The SMILES string of the molecule is CC(C(=O)Nc1ccc2c(c1)nc(CCc1ccc(CN)cc1)n2C)N1CCC(Nc2ccccc2Br)CC1. The summed E-state index contributed by atoms with van der Waals surface area (Å²) in [5.74, 6) is 1.05. The van der Waals surface area contributed by atoms with Gasteiger partial charge in [-0.2, -0.15) is 0 Å². The average Bonchev–Trinajstić information content (AvgIpc) is 3.27. The minimum Gasteiger partial charge on any atom is -0.381 e. The first-order valence-corrected chi connectivity index (χ1v) is 14.5. The second-order valence-corrected chi connectivity index (χ2v) is 11.3. The number of carbonyl (C=O) groups is 1. The number of hydrogen-bond donors (Lipinski definition) is 3. The van der Waals surface area contributed by atoms with Gasteiger partial charge in [0, 0.05) is 55.0 Å². The van der Waals surface area contributed by atoms with E-state index in [4.69, 9.17) is 10.7 Å². The summed E-state index contributed by atoms with van der Waals surface area (Å²) in [4.78, 5) is 20.3. The van der Waals surface area contributed by atoms with Gasteiger partial charge in [0.1, 0.15) is 5.82 Å². The maximum atomic E-state index is 13.1. The zero-order chi connectivity index (χ0) is 27.4. The van der Waals surface area contributed by atoms with Crippen LogP contribution < -0.4 is 16.4 Å². The van der Waals surface area contributed by atoms with Crippen molar-refractivity contribution >= 4 is 44.2 Å². The number of carbonyl (C=O) groups excluding carboxylic acids is 1. The van der Waals surface area contributed by atoms with Crippen molar-refractivity contribution < 1.29 is 4.79 Å². The number of imidazole rings is 1. The molecular formula is C31H37BrN6O. The molecule has 0 bridgehead atoms. The third-order valence-corrected chi connectivity index (χ3v) is 8.52. The van der Waals surface area contributed by atoms with E-state index in [0.717, 1.165) is 77.0 Å². The van der Waals surface area contributed by atoms with E-state index in [1.165, 1.54) is 5.56 Å². The van der Waals surface area contributed by atoms with Gasteiger partial charge in [-0.1, -0.05) is 36.4 Å². The van der Waals surface area contributed by atoms with Crippen LogP contribution in [0.5, 0.6) is 0 Å². The number of aromatic nitrogens is 2. The average molecular weight is 590 g/mol. The molecule has 7 nitrogen and oxygen atoms in total. The number of likely N-dealkylation sites (tertiary alicyclic amines) is 1. The fraction of sp³-hybridized carbons (Fsp3) is 0.355. The van der Waals surface area contributed by atoms with Crippen LogP contribution in [-0.4, -0.2) is 45.5 Å². The molecule has 5 rings (SSSR count). The Hall–Kier alpha value is -3.20. The lowest BCUT2D eigenvalue weighted by Gasteiger charge is -2.36. The van der Waals surface area contributed by atoms with E-state index in [0.29, 0.717) is 12.6 Å². The predicted octanol–water partition coefficient (Wildman–Crippen LogP) is 5.48. The number of fused-ring (bicyclic) bond motifs is 1. The second kappa shape index (κ2) is 12.3. The zero-order valence-electron chi connectivity index (χ0n) is 22.7. The Morgan fingerprint density at radius 1 is 1.05 bits per heavy atom. The van der Waals surface area contributed by atoms with E-state index < -0.39 is 0 Å². The van der Waals surface area contributed by atoms with E-state index >= 15 is 0 Å². The van der Waals surface area contributed by atoms with Crippen LogP contribution in [0.4, 0.5) is 11.4 Å². The fourth-order valence-electron chi connectivity index (χ4n) is 5.29. The molecule has 1 saturated heterocycles. The van der Waals surface area contributed by atoms with Gasteiger partial charge in [-0.15, -0.1) is 0 Å². The maximum absolute atomic E-state index is 13.1. The minimum absolute atomic E-state index is 0.0173. The maximum Gasteiger partial charge on any atom is 0.241 e. The number of hydrogen-bond acceptors (Lipinski definition) is 5. The predicted molar refractivity (Wildman–Crippen MR) is 163 cm³/mol. The smallest absolute Gasteiger partial charge is 0.241 e. The Morgan fingerprint density at radius 2 is 1.77 bits per heavy atom. The molecule has 2 heterocycles. The van der Waals surface area contributed by atoms with E-state index in [9.17, 15) is 4.79 Å². The largest absolute Gasteiger partial charge is 0.381 e. The minimum atomic E-state index is -0.199. The van der Waals surface area contributed by atoms with Crippen LogP contribution >= 0.6 is 15.9 Å². The topological polar surface area (TPSA) is 88.2 Å².